The van der Waals surface area contributed by atoms with Gasteiger partial charge in [0.15, 0.2) is 0 Å². The Morgan fingerprint density at radius 2 is 1.65 bits per heavy atom. The number of imidazole rings is 1. The Kier molecular flexibility index (Phi) is 12.8. The van der Waals surface area contributed by atoms with Crippen LogP contribution in [0.4, 0.5) is 0 Å². The fourth-order valence-electron chi connectivity index (χ4n) is 3.20. The van der Waals surface area contributed by atoms with Crippen molar-refractivity contribution in [3.05, 3.63) is 18.2 Å². The van der Waals surface area contributed by atoms with Crippen LogP contribution in [-0.4, -0.2) is 81.2 Å². The number of nitrogens with zero attached hydrogens (tertiary/aromatic N) is 1. The number of carbonyl (C=O) groups is 4. The minimum atomic E-state index is -1.39. The first-order valence-electron chi connectivity index (χ1n) is 11.3. The lowest BCUT2D eigenvalue weighted by atomic mass is 10.0. The van der Waals surface area contributed by atoms with Crippen LogP contribution in [0.25, 0.3) is 0 Å². The Balaban J connectivity index is 2.82. The number of H-pyrrole nitrogens is 1. The van der Waals surface area contributed by atoms with Crippen molar-refractivity contribution in [2.24, 2.45) is 17.4 Å². The lowest BCUT2D eigenvalue weighted by Gasteiger charge is -2.24. The third-order valence-electron chi connectivity index (χ3n) is 5.05. The van der Waals surface area contributed by atoms with E-state index in [1.807, 2.05) is 0 Å². The van der Waals surface area contributed by atoms with Gasteiger partial charge < -0.3 is 42.6 Å². The van der Waals surface area contributed by atoms with E-state index in [0.29, 0.717) is 25.1 Å². The molecule has 0 aliphatic heterocycles. The Bertz CT molecular complexity index is 787. The summed E-state index contributed by atoms with van der Waals surface area (Å²) in [6.45, 7) is 3.25. The topological polar surface area (TPSA) is 226 Å². The molecule has 34 heavy (non-hydrogen) atoms. The molecule has 0 radical (unpaired) electrons. The molecule has 0 spiro atoms. The highest BCUT2D eigenvalue weighted by atomic mass is 16.4. The van der Waals surface area contributed by atoms with E-state index in [1.54, 1.807) is 13.8 Å². The van der Waals surface area contributed by atoms with E-state index in [9.17, 15) is 29.4 Å². The van der Waals surface area contributed by atoms with Crippen LogP contribution in [0, 0.1) is 5.92 Å². The van der Waals surface area contributed by atoms with Crippen LogP contribution in [0.3, 0.4) is 0 Å². The zero-order valence-electron chi connectivity index (χ0n) is 19.6. The fraction of sp³-hybridized carbons (Fsp3) is 0.667. The van der Waals surface area contributed by atoms with Gasteiger partial charge in [-0.1, -0.05) is 13.8 Å². The van der Waals surface area contributed by atoms with Crippen molar-refractivity contribution in [1.29, 1.82) is 0 Å². The average Bonchev–Trinajstić information content (AvgIpc) is 3.28. The standard InChI is InChI=1S/C21H37N7O6/c1-12(2)7-16(21(33)34)27-20(32)17(10-29)28-19(31)15(5-3-4-6-22)26-18(30)14(23)8-13-9-24-11-25-13/h9,11-12,14-17,29H,3-8,10,22-23H2,1-2H3,(H,24,25)(H,26,30)(H,27,32)(H,28,31)(H,33,34). The highest BCUT2D eigenvalue weighted by Gasteiger charge is 2.30. The maximum absolute atomic E-state index is 12.9. The van der Waals surface area contributed by atoms with Gasteiger partial charge in [-0.05, 0) is 38.1 Å². The van der Waals surface area contributed by atoms with Crippen molar-refractivity contribution >= 4 is 23.7 Å². The zero-order chi connectivity index (χ0) is 25.7. The van der Waals surface area contributed by atoms with Gasteiger partial charge in [0.05, 0.1) is 19.0 Å². The lowest BCUT2D eigenvalue weighted by Crippen LogP contribution is -2.58. The normalized spacial score (nSPS) is 14.6. The number of aliphatic carboxylic acids is 1. The molecule has 0 saturated carbocycles. The molecule has 4 atom stereocenters. The first kappa shape index (κ1) is 29.0. The summed E-state index contributed by atoms with van der Waals surface area (Å²) in [5.41, 5.74) is 12.1. The van der Waals surface area contributed by atoms with Crippen LogP contribution in [-0.2, 0) is 25.6 Å². The molecule has 1 rings (SSSR count). The first-order valence-corrected chi connectivity index (χ1v) is 11.3. The molecule has 1 heterocycles. The van der Waals surface area contributed by atoms with Crippen LogP contribution in [0.5, 0.6) is 0 Å². The molecule has 3 amide bonds. The van der Waals surface area contributed by atoms with Crippen LogP contribution in [0.1, 0.15) is 45.2 Å². The largest absolute Gasteiger partial charge is 0.480 e. The van der Waals surface area contributed by atoms with Gasteiger partial charge in [0, 0.05) is 18.3 Å². The third-order valence-corrected chi connectivity index (χ3v) is 5.05. The molecule has 13 nitrogen and oxygen atoms in total. The maximum Gasteiger partial charge on any atom is 0.326 e. The molecule has 0 aliphatic rings. The quantitative estimate of drug-likeness (QED) is 0.121. The predicted molar refractivity (Wildman–Crippen MR) is 123 cm³/mol. The summed E-state index contributed by atoms with van der Waals surface area (Å²) in [6.07, 6.45) is 4.72. The SMILES string of the molecule is CC(C)CC(NC(=O)C(CO)NC(=O)C(CCCCN)NC(=O)C(N)Cc1cnc[nH]1)C(=O)O. The molecule has 192 valence electrons. The summed E-state index contributed by atoms with van der Waals surface area (Å²) in [5.74, 6) is -3.34. The highest BCUT2D eigenvalue weighted by Crippen LogP contribution is 2.06. The summed E-state index contributed by atoms with van der Waals surface area (Å²) in [4.78, 5) is 56.1. The predicted octanol–water partition coefficient (Wildman–Crippen LogP) is -2.01. The van der Waals surface area contributed by atoms with Gasteiger partial charge in [-0.15, -0.1) is 0 Å². The number of hydrogen-bond acceptors (Lipinski definition) is 8. The number of nitrogens with two attached hydrogens (primary N) is 2. The second-order valence-electron chi connectivity index (χ2n) is 8.51. The molecular formula is C21H37N7O6. The van der Waals surface area contributed by atoms with Gasteiger partial charge in [0.2, 0.25) is 17.7 Å². The van der Waals surface area contributed by atoms with E-state index in [0.717, 1.165) is 0 Å². The van der Waals surface area contributed by atoms with E-state index in [-0.39, 0.29) is 25.2 Å². The molecule has 1 aromatic rings. The van der Waals surface area contributed by atoms with Gasteiger partial charge in [0.25, 0.3) is 0 Å². The molecule has 1 aromatic heterocycles. The number of hydrogen-bond donors (Lipinski definition) is 8. The number of carbonyl (C=O) groups excluding carboxylic acids is 3. The summed E-state index contributed by atoms with van der Waals surface area (Å²) < 4.78 is 0. The average molecular weight is 484 g/mol. The van der Waals surface area contributed by atoms with Gasteiger partial charge in [-0.3, -0.25) is 14.4 Å². The molecular weight excluding hydrogens is 446 g/mol. The number of carboxylic acids is 1. The summed E-state index contributed by atoms with van der Waals surface area (Å²) >= 11 is 0. The van der Waals surface area contributed by atoms with Gasteiger partial charge in [-0.2, -0.15) is 0 Å². The lowest BCUT2D eigenvalue weighted by molar-refractivity contribution is -0.143. The number of aliphatic hydroxyl groups is 1. The molecule has 4 unspecified atom stereocenters. The van der Waals surface area contributed by atoms with Crippen molar-refractivity contribution in [3.8, 4) is 0 Å². The molecule has 10 N–H and O–H groups in total. The number of carboxylic acid groups (broad SMARTS) is 1. The maximum atomic E-state index is 12.9. The van der Waals surface area contributed by atoms with Gasteiger partial charge in [0.1, 0.15) is 18.1 Å². The number of nitrogens with one attached hydrogen (secondary N) is 4. The minimum absolute atomic E-state index is 0.00308. The van der Waals surface area contributed by atoms with Crippen molar-refractivity contribution in [2.45, 2.75) is 70.1 Å². The Morgan fingerprint density at radius 3 is 2.18 bits per heavy atom. The molecule has 0 bridgehead atoms. The number of aromatic amines is 1. The zero-order valence-corrected chi connectivity index (χ0v) is 19.6. The molecule has 0 saturated heterocycles. The fourth-order valence-corrected chi connectivity index (χ4v) is 3.20. The summed E-state index contributed by atoms with van der Waals surface area (Å²) in [5, 5.41) is 26.3. The van der Waals surface area contributed by atoms with Gasteiger partial charge in [-0.25, -0.2) is 9.78 Å². The molecule has 13 heteroatoms. The number of aromatic nitrogens is 2. The smallest absolute Gasteiger partial charge is 0.326 e. The summed E-state index contributed by atoms with van der Waals surface area (Å²) in [6, 6.07) is -4.54. The summed E-state index contributed by atoms with van der Waals surface area (Å²) in [7, 11) is 0. The molecule has 0 aliphatic carbocycles. The molecule has 0 aromatic carbocycles. The second-order valence-corrected chi connectivity index (χ2v) is 8.51. The van der Waals surface area contributed by atoms with Crippen molar-refractivity contribution in [3.63, 3.8) is 0 Å². The highest BCUT2D eigenvalue weighted by molar-refractivity contribution is 5.94. The Labute approximate surface area is 198 Å². The minimum Gasteiger partial charge on any atom is -0.480 e. The van der Waals surface area contributed by atoms with Crippen molar-refractivity contribution in [1.82, 2.24) is 25.9 Å². The first-order chi connectivity index (χ1) is 16.1. The van der Waals surface area contributed by atoms with Crippen molar-refractivity contribution < 1.29 is 29.4 Å². The Morgan fingerprint density at radius 1 is 1.03 bits per heavy atom. The third kappa shape index (κ3) is 10.3. The second kappa shape index (κ2) is 15.0. The van der Waals surface area contributed by atoms with E-state index < -0.39 is 54.5 Å². The monoisotopic (exact) mass is 483 g/mol. The van der Waals surface area contributed by atoms with E-state index >= 15 is 0 Å². The van der Waals surface area contributed by atoms with E-state index in [2.05, 4.69) is 25.9 Å². The number of rotatable bonds is 16. The number of amides is 3. The number of aliphatic hydroxyl groups excluding tert-OH is 1. The Hall–Kier alpha value is -3.03. The van der Waals surface area contributed by atoms with Gasteiger partial charge >= 0.3 is 5.97 Å². The van der Waals surface area contributed by atoms with Crippen molar-refractivity contribution in [2.75, 3.05) is 13.2 Å². The number of unbranched alkanes of at least 4 members (excludes halogenated alkanes) is 1. The van der Waals surface area contributed by atoms with Crippen LogP contribution >= 0.6 is 0 Å². The van der Waals surface area contributed by atoms with E-state index in [1.165, 1.54) is 12.5 Å². The molecule has 0 fully saturated rings. The van der Waals surface area contributed by atoms with E-state index in [4.69, 9.17) is 11.5 Å². The van der Waals surface area contributed by atoms with Crippen LogP contribution < -0.4 is 27.4 Å². The van der Waals surface area contributed by atoms with Crippen LogP contribution in [0.15, 0.2) is 12.5 Å². The van der Waals surface area contributed by atoms with Crippen LogP contribution in [0.2, 0.25) is 0 Å².